The van der Waals surface area contributed by atoms with Gasteiger partial charge in [0.2, 0.25) is 5.91 Å². The topological polar surface area (TPSA) is 55.6 Å². The van der Waals surface area contributed by atoms with Gasteiger partial charge in [0.1, 0.15) is 5.75 Å². The quantitative estimate of drug-likeness (QED) is 0.874. The molecule has 0 saturated carbocycles. The fourth-order valence-corrected chi connectivity index (χ4v) is 2.31. The lowest BCUT2D eigenvalue weighted by atomic mass is 10.0. The van der Waals surface area contributed by atoms with Gasteiger partial charge in [0.15, 0.2) is 0 Å². The first kappa shape index (κ1) is 12.9. The molecule has 0 bridgehead atoms. The summed E-state index contributed by atoms with van der Waals surface area (Å²) in [6, 6.07) is 7.77. The van der Waals surface area contributed by atoms with Gasteiger partial charge in [-0.3, -0.25) is 4.79 Å². The zero-order chi connectivity index (χ0) is 13.0. The Bertz CT molecular complexity index is 420. The molecule has 2 N–H and O–H groups in total. The number of piperidine rings is 1. The van der Waals surface area contributed by atoms with Crippen molar-refractivity contribution >= 4 is 5.91 Å². The first-order chi connectivity index (χ1) is 8.69. The molecular weight excluding hydrogens is 228 g/mol. The average molecular weight is 248 g/mol. The second-order valence-corrected chi connectivity index (χ2v) is 4.77. The maximum absolute atomic E-state index is 12.1. The van der Waals surface area contributed by atoms with Gasteiger partial charge in [-0.05, 0) is 30.5 Å². The summed E-state index contributed by atoms with van der Waals surface area (Å²) in [4.78, 5) is 14.0. The van der Waals surface area contributed by atoms with Crippen molar-refractivity contribution in [3.8, 4) is 5.75 Å². The van der Waals surface area contributed by atoms with Crippen LogP contribution in [0.3, 0.4) is 0 Å². The molecule has 1 aliphatic heterocycles. The van der Waals surface area contributed by atoms with Crippen LogP contribution in [0.1, 0.15) is 18.4 Å². The van der Waals surface area contributed by atoms with Gasteiger partial charge in [-0.25, -0.2) is 0 Å². The Labute approximate surface area is 108 Å². The molecule has 1 aromatic rings. The minimum absolute atomic E-state index is 0.132. The van der Waals surface area contributed by atoms with E-state index in [-0.39, 0.29) is 11.9 Å². The van der Waals surface area contributed by atoms with Crippen LogP contribution in [0.15, 0.2) is 24.3 Å². The van der Waals surface area contributed by atoms with Gasteiger partial charge in [0.25, 0.3) is 0 Å². The number of benzene rings is 1. The van der Waals surface area contributed by atoms with E-state index in [4.69, 9.17) is 10.5 Å². The number of hydrogen-bond donors (Lipinski definition) is 1. The number of methoxy groups -OCH3 is 1. The minimum atomic E-state index is 0.132. The second-order valence-electron chi connectivity index (χ2n) is 4.77. The molecule has 0 aromatic heterocycles. The molecule has 1 aromatic carbocycles. The second kappa shape index (κ2) is 5.87. The highest BCUT2D eigenvalue weighted by atomic mass is 16.5. The SMILES string of the molecule is COc1cccc(CC(=O)N2CCC[C@H](N)C2)c1. The fraction of sp³-hybridized carbons (Fsp3) is 0.500. The number of carbonyl (C=O) groups excluding carboxylic acids is 1. The van der Waals surface area contributed by atoms with Crippen molar-refractivity contribution in [2.45, 2.75) is 25.3 Å². The number of nitrogens with zero attached hydrogens (tertiary/aromatic N) is 1. The maximum atomic E-state index is 12.1. The Balaban J connectivity index is 1.97. The van der Waals surface area contributed by atoms with Crippen molar-refractivity contribution in [2.75, 3.05) is 20.2 Å². The Kier molecular flexibility index (Phi) is 4.20. The zero-order valence-electron chi connectivity index (χ0n) is 10.8. The monoisotopic (exact) mass is 248 g/mol. The lowest BCUT2D eigenvalue weighted by molar-refractivity contribution is -0.131. The molecule has 4 nitrogen and oxygen atoms in total. The Morgan fingerprint density at radius 3 is 3.11 bits per heavy atom. The van der Waals surface area contributed by atoms with E-state index in [2.05, 4.69) is 0 Å². The van der Waals surface area contributed by atoms with Crippen molar-refractivity contribution < 1.29 is 9.53 Å². The van der Waals surface area contributed by atoms with Crippen molar-refractivity contribution in [2.24, 2.45) is 5.73 Å². The van der Waals surface area contributed by atoms with Crippen LogP contribution in [-0.2, 0) is 11.2 Å². The number of amides is 1. The molecule has 4 heteroatoms. The van der Waals surface area contributed by atoms with E-state index in [1.807, 2.05) is 29.2 Å². The lowest BCUT2D eigenvalue weighted by Gasteiger charge is -2.30. The summed E-state index contributed by atoms with van der Waals surface area (Å²) in [5, 5.41) is 0. The third-order valence-electron chi connectivity index (χ3n) is 3.30. The summed E-state index contributed by atoms with van der Waals surface area (Å²) in [7, 11) is 1.63. The molecule has 1 fully saturated rings. The molecule has 1 saturated heterocycles. The van der Waals surface area contributed by atoms with E-state index in [9.17, 15) is 4.79 Å². The molecule has 1 atom stereocenters. The summed E-state index contributed by atoms with van der Waals surface area (Å²) in [5.74, 6) is 0.939. The molecule has 0 radical (unpaired) electrons. The number of likely N-dealkylation sites (tertiary alicyclic amines) is 1. The number of rotatable bonds is 3. The third-order valence-corrected chi connectivity index (χ3v) is 3.30. The number of carbonyl (C=O) groups is 1. The largest absolute Gasteiger partial charge is 0.497 e. The highest BCUT2D eigenvalue weighted by Crippen LogP contribution is 2.15. The summed E-state index contributed by atoms with van der Waals surface area (Å²) >= 11 is 0. The van der Waals surface area contributed by atoms with Crippen LogP contribution in [0.2, 0.25) is 0 Å². The first-order valence-corrected chi connectivity index (χ1v) is 6.35. The predicted octanol–water partition coefficient (Wildman–Crippen LogP) is 1.19. The van der Waals surface area contributed by atoms with Crippen LogP contribution in [0.5, 0.6) is 5.75 Å². The van der Waals surface area contributed by atoms with Gasteiger partial charge in [-0.15, -0.1) is 0 Å². The highest BCUT2D eigenvalue weighted by molar-refractivity contribution is 5.79. The van der Waals surface area contributed by atoms with Crippen LogP contribution in [0.4, 0.5) is 0 Å². The molecule has 98 valence electrons. The Hall–Kier alpha value is -1.55. The van der Waals surface area contributed by atoms with Crippen LogP contribution in [0, 0.1) is 0 Å². The third kappa shape index (κ3) is 3.23. The smallest absolute Gasteiger partial charge is 0.227 e. The lowest BCUT2D eigenvalue weighted by Crippen LogP contribution is -2.46. The molecule has 0 spiro atoms. The van der Waals surface area contributed by atoms with Crippen LogP contribution < -0.4 is 10.5 Å². The summed E-state index contributed by atoms with van der Waals surface area (Å²) < 4.78 is 5.15. The van der Waals surface area contributed by atoms with E-state index < -0.39 is 0 Å². The van der Waals surface area contributed by atoms with Crippen molar-refractivity contribution in [3.05, 3.63) is 29.8 Å². The predicted molar refractivity (Wildman–Crippen MR) is 70.5 cm³/mol. The highest BCUT2D eigenvalue weighted by Gasteiger charge is 2.21. The van der Waals surface area contributed by atoms with E-state index >= 15 is 0 Å². The normalized spacial score (nSPS) is 19.7. The molecule has 0 unspecified atom stereocenters. The molecule has 1 amide bonds. The summed E-state index contributed by atoms with van der Waals surface area (Å²) in [5.41, 5.74) is 6.87. The van der Waals surface area contributed by atoms with Gasteiger partial charge in [-0.1, -0.05) is 12.1 Å². The Morgan fingerprint density at radius 1 is 1.56 bits per heavy atom. The number of ether oxygens (including phenoxy) is 1. The number of hydrogen-bond acceptors (Lipinski definition) is 3. The van der Waals surface area contributed by atoms with E-state index in [1.165, 1.54) is 0 Å². The summed E-state index contributed by atoms with van der Waals surface area (Å²) in [6.45, 7) is 1.51. The van der Waals surface area contributed by atoms with Crippen molar-refractivity contribution in [3.63, 3.8) is 0 Å². The van der Waals surface area contributed by atoms with Crippen LogP contribution in [0.25, 0.3) is 0 Å². The van der Waals surface area contributed by atoms with Gasteiger partial charge >= 0.3 is 0 Å². The molecule has 18 heavy (non-hydrogen) atoms. The molecular formula is C14H20N2O2. The molecule has 2 rings (SSSR count). The van der Waals surface area contributed by atoms with Gasteiger partial charge in [0.05, 0.1) is 13.5 Å². The number of nitrogens with two attached hydrogens (primary N) is 1. The van der Waals surface area contributed by atoms with Crippen molar-refractivity contribution in [1.82, 2.24) is 4.90 Å². The zero-order valence-corrected chi connectivity index (χ0v) is 10.8. The molecule has 1 aliphatic rings. The maximum Gasteiger partial charge on any atom is 0.227 e. The standard InChI is InChI=1S/C14H20N2O2/c1-18-13-6-2-4-11(8-13)9-14(17)16-7-3-5-12(15)10-16/h2,4,6,8,12H,3,5,7,9-10,15H2,1H3/t12-/m0/s1. The van der Waals surface area contributed by atoms with Gasteiger partial charge in [-0.2, -0.15) is 0 Å². The Morgan fingerprint density at radius 2 is 2.39 bits per heavy atom. The minimum Gasteiger partial charge on any atom is -0.497 e. The molecule has 0 aliphatic carbocycles. The van der Waals surface area contributed by atoms with Crippen LogP contribution >= 0.6 is 0 Å². The van der Waals surface area contributed by atoms with Crippen LogP contribution in [-0.4, -0.2) is 37.0 Å². The molecule has 1 heterocycles. The summed E-state index contributed by atoms with van der Waals surface area (Å²) in [6.07, 6.45) is 2.44. The van der Waals surface area contributed by atoms with Crippen molar-refractivity contribution in [1.29, 1.82) is 0 Å². The van der Waals surface area contributed by atoms with Gasteiger partial charge in [0, 0.05) is 19.1 Å². The van der Waals surface area contributed by atoms with E-state index in [1.54, 1.807) is 7.11 Å². The van der Waals surface area contributed by atoms with E-state index in [0.29, 0.717) is 13.0 Å². The first-order valence-electron chi connectivity index (χ1n) is 6.35. The average Bonchev–Trinajstić information content (AvgIpc) is 2.39. The fourth-order valence-electron chi connectivity index (χ4n) is 2.31. The van der Waals surface area contributed by atoms with Gasteiger partial charge < -0.3 is 15.4 Å². The van der Waals surface area contributed by atoms with E-state index in [0.717, 1.165) is 30.7 Å².